The van der Waals surface area contributed by atoms with E-state index < -0.39 is 0 Å². The predicted molar refractivity (Wildman–Crippen MR) is 113 cm³/mol. The molecule has 4 nitrogen and oxygen atoms in total. The van der Waals surface area contributed by atoms with Crippen LogP contribution in [0.1, 0.15) is 33.3 Å². The van der Waals surface area contributed by atoms with Gasteiger partial charge in [-0.2, -0.15) is 0 Å². The fourth-order valence-electron chi connectivity index (χ4n) is 4.11. The monoisotopic (exact) mass is 387 g/mol. The molecule has 0 aliphatic carbocycles. The third kappa shape index (κ3) is 3.07. The quantitative estimate of drug-likeness (QED) is 0.528. The third-order valence-corrected chi connectivity index (χ3v) is 6.40. The van der Waals surface area contributed by atoms with Crippen molar-refractivity contribution >= 4 is 17.0 Å². The summed E-state index contributed by atoms with van der Waals surface area (Å²) in [6, 6.07) is 18.7. The highest BCUT2D eigenvalue weighted by atomic mass is 32.1. The van der Waals surface area contributed by atoms with Crippen LogP contribution in [0.2, 0.25) is 0 Å². The molecule has 0 saturated carbocycles. The van der Waals surface area contributed by atoms with Gasteiger partial charge in [0.1, 0.15) is 5.65 Å². The molecular weight excluding hydrogens is 366 g/mol. The second-order valence-corrected chi connectivity index (χ2v) is 8.35. The summed E-state index contributed by atoms with van der Waals surface area (Å²) in [6.07, 6.45) is 2.89. The van der Waals surface area contributed by atoms with Crippen molar-refractivity contribution < 1.29 is 0 Å². The van der Waals surface area contributed by atoms with E-state index >= 15 is 0 Å². The number of aryl methyl sites for hydroxylation is 1. The van der Waals surface area contributed by atoms with Gasteiger partial charge in [0, 0.05) is 30.2 Å². The van der Waals surface area contributed by atoms with Gasteiger partial charge in [-0.1, -0.05) is 36.4 Å². The van der Waals surface area contributed by atoms with Crippen LogP contribution in [0.4, 0.5) is 0 Å². The van der Waals surface area contributed by atoms with Crippen LogP contribution in [0.3, 0.4) is 0 Å². The normalized spacial score (nSPS) is 17.0. The summed E-state index contributed by atoms with van der Waals surface area (Å²) < 4.78 is 1.63. The van der Waals surface area contributed by atoms with Crippen LogP contribution in [0.25, 0.3) is 5.65 Å². The standard InChI is InChI=1S/C23H21N3OS/c1-16-7-8-21-24-18(13-22(27)26(21)14-16)15-25-11-9-20-19(10-12-28-20)23(25)17-5-3-2-4-6-17/h2-8,10,12-14,23H,9,11,15H2,1H3/t23-/m0/s1. The highest BCUT2D eigenvalue weighted by molar-refractivity contribution is 7.10. The van der Waals surface area contributed by atoms with Crippen LogP contribution in [0.15, 0.2) is 71.0 Å². The van der Waals surface area contributed by atoms with Crippen molar-refractivity contribution in [2.75, 3.05) is 6.54 Å². The van der Waals surface area contributed by atoms with Crippen LogP contribution in [0.5, 0.6) is 0 Å². The highest BCUT2D eigenvalue weighted by Gasteiger charge is 2.29. The van der Waals surface area contributed by atoms with Crippen LogP contribution in [0, 0.1) is 6.92 Å². The maximum atomic E-state index is 12.6. The predicted octanol–water partition coefficient (Wildman–Crippen LogP) is 4.21. The molecule has 3 aromatic heterocycles. The molecule has 1 aliphatic rings. The SMILES string of the molecule is Cc1ccc2nc(CN3CCc4sccc4[C@@H]3c3ccccc3)cc(=O)n2c1. The van der Waals surface area contributed by atoms with E-state index in [4.69, 9.17) is 4.98 Å². The fourth-order valence-corrected chi connectivity index (χ4v) is 5.02. The number of pyridine rings is 1. The van der Waals surface area contributed by atoms with E-state index in [0.717, 1.165) is 24.2 Å². The lowest BCUT2D eigenvalue weighted by atomic mass is 9.93. The van der Waals surface area contributed by atoms with E-state index in [1.807, 2.05) is 36.6 Å². The zero-order valence-corrected chi connectivity index (χ0v) is 16.5. The first-order valence-corrected chi connectivity index (χ1v) is 10.4. The lowest BCUT2D eigenvalue weighted by molar-refractivity contribution is 0.204. The van der Waals surface area contributed by atoms with Gasteiger partial charge >= 0.3 is 0 Å². The summed E-state index contributed by atoms with van der Waals surface area (Å²) in [5.41, 5.74) is 5.24. The second kappa shape index (κ2) is 7.00. The summed E-state index contributed by atoms with van der Waals surface area (Å²) in [4.78, 5) is 21.3. The van der Waals surface area contributed by atoms with Crippen molar-refractivity contribution in [3.63, 3.8) is 0 Å². The molecule has 5 rings (SSSR count). The Morgan fingerprint density at radius 3 is 2.86 bits per heavy atom. The molecule has 0 bridgehead atoms. The van der Waals surface area contributed by atoms with E-state index in [9.17, 15) is 4.79 Å². The minimum Gasteiger partial charge on any atom is -0.286 e. The first kappa shape index (κ1) is 17.3. The lowest BCUT2D eigenvalue weighted by Crippen LogP contribution is -2.35. The molecule has 0 fully saturated rings. The zero-order chi connectivity index (χ0) is 19.1. The van der Waals surface area contributed by atoms with Gasteiger partial charge in [0.15, 0.2) is 0 Å². The Morgan fingerprint density at radius 1 is 1.14 bits per heavy atom. The van der Waals surface area contributed by atoms with E-state index in [2.05, 4.69) is 46.7 Å². The van der Waals surface area contributed by atoms with Gasteiger partial charge in [-0.25, -0.2) is 4.98 Å². The number of fused-ring (bicyclic) bond motifs is 2. The van der Waals surface area contributed by atoms with Crippen molar-refractivity contribution in [2.45, 2.75) is 25.9 Å². The van der Waals surface area contributed by atoms with Crippen LogP contribution in [-0.2, 0) is 13.0 Å². The van der Waals surface area contributed by atoms with Gasteiger partial charge in [-0.05, 0) is 47.5 Å². The Labute approximate surface area is 167 Å². The number of nitrogens with zero attached hydrogens (tertiary/aromatic N) is 3. The van der Waals surface area contributed by atoms with Gasteiger partial charge in [0.25, 0.3) is 5.56 Å². The largest absolute Gasteiger partial charge is 0.286 e. The summed E-state index contributed by atoms with van der Waals surface area (Å²) in [6.45, 7) is 3.60. The van der Waals surface area contributed by atoms with Gasteiger partial charge in [-0.3, -0.25) is 14.1 Å². The molecule has 140 valence electrons. The summed E-state index contributed by atoms with van der Waals surface area (Å²) >= 11 is 1.84. The maximum Gasteiger partial charge on any atom is 0.258 e. The Hall–Kier alpha value is -2.76. The Kier molecular flexibility index (Phi) is 4.34. The smallest absolute Gasteiger partial charge is 0.258 e. The first-order valence-electron chi connectivity index (χ1n) is 9.53. The topological polar surface area (TPSA) is 37.6 Å². The fraction of sp³-hybridized carbons (Fsp3) is 0.217. The summed E-state index contributed by atoms with van der Waals surface area (Å²) in [5.74, 6) is 0. The van der Waals surface area contributed by atoms with Crippen molar-refractivity contribution in [3.05, 3.63) is 104 Å². The number of hydrogen-bond acceptors (Lipinski definition) is 4. The molecule has 28 heavy (non-hydrogen) atoms. The zero-order valence-electron chi connectivity index (χ0n) is 15.7. The molecule has 1 aromatic carbocycles. The molecular formula is C23H21N3OS. The molecule has 4 aromatic rings. The van der Waals surface area contributed by atoms with Crippen LogP contribution >= 0.6 is 11.3 Å². The van der Waals surface area contributed by atoms with Crippen LogP contribution in [-0.4, -0.2) is 20.8 Å². The maximum absolute atomic E-state index is 12.6. The minimum absolute atomic E-state index is 0.0202. The third-order valence-electron chi connectivity index (χ3n) is 5.41. The van der Waals surface area contributed by atoms with Gasteiger partial charge < -0.3 is 0 Å². The van der Waals surface area contributed by atoms with E-state index in [0.29, 0.717) is 12.2 Å². The average molecular weight is 388 g/mol. The Bertz CT molecular complexity index is 1200. The van der Waals surface area contributed by atoms with Gasteiger partial charge in [0.05, 0.1) is 11.7 Å². The van der Waals surface area contributed by atoms with Gasteiger partial charge in [0.2, 0.25) is 0 Å². The molecule has 0 amide bonds. The van der Waals surface area contributed by atoms with E-state index in [1.54, 1.807) is 10.5 Å². The van der Waals surface area contributed by atoms with Crippen molar-refractivity contribution in [2.24, 2.45) is 0 Å². The molecule has 0 N–H and O–H groups in total. The molecule has 0 spiro atoms. The lowest BCUT2D eigenvalue weighted by Gasteiger charge is -2.36. The van der Waals surface area contributed by atoms with Crippen molar-refractivity contribution in [1.29, 1.82) is 0 Å². The number of benzene rings is 1. The Balaban J connectivity index is 1.54. The number of hydrogen-bond donors (Lipinski definition) is 0. The van der Waals surface area contributed by atoms with E-state index in [1.165, 1.54) is 16.0 Å². The number of aromatic nitrogens is 2. The number of rotatable bonds is 3. The molecule has 1 atom stereocenters. The molecule has 0 saturated heterocycles. The van der Waals surface area contributed by atoms with Gasteiger partial charge in [-0.15, -0.1) is 11.3 Å². The Morgan fingerprint density at radius 2 is 2.00 bits per heavy atom. The molecule has 1 aliphatic heterocycles. The average Bonchev–Trinajstić information content (AvgIpc) is 3.18. The van der Waals surface area contributed by atoms with Crippen molar-refractivity contribution in [3.8, 4) is 0 Å². The summed E-state index contributed by atoms with van der Waals surface area (Å²) in [5, 5.41) is 2.19. The van der Waals surface area contributed by atoms with Crippen molar-refractivity contribution in [1.82, 2.24) is 14.3 Å². The number of thiophene rings is 1. The van der Waals surface area contributed by atoms with E-state index in [-0.39, 0.29) is 11.6 Å². The minimum atomic E-state index is -0.0202. The first-order chi connectivity index (χ1) is 13.7. The summed E-state index contributed by atoms with van der Waals surface area (Å²) in [7, 11) is 0. The molecule has 0 radical (unpaired) electrons. The molecule has 4 heterocycles. The highest BCUT2D eigenvalue weighted by Crippen LogP contribution is 2.38. The second-order valence-electron chi connectivity index (χ2n) is 7.35. The molecule has 0 unspecified atom stereocenters. The van der Waals surface area contributed by atoms with Crippen LogP contribution < -0.4 is 5.56 Å². The molecule has 5 heteroatoms.